The number of hydrogen-bond donors (Lipinski definition) is 0. The predicted molar refractivity (Wildman–Crippen MR) is 86.3 cm³/mol. The summed E-state index contributed by atoms with van der Waals surface area (Å²) in [5.74, 6) is 0. The van der Waals surface area contributed by atoms with Crippen molar-refractivity contribution < 1.29 is 22.7 Å². The molecule has 1 amide bonds. The molecular weight excluding hydrogens is 343 g/mol. The third-order valence-corrected chi connectivity index (χ3v) is 4.73. The Morgan fingerprint density at radius 1 is 1.38 bits per heavy atom. The number of nitrogens with zero attached hydrogens (tertiary/aromatic N) is 3. The van der Waals surface area contributed by atoms with Crippen LogP contribution in [0.2, 0.25) is 0 Å². The highest BCUT2D eigenvalue weighted by Crippen LogP contribution is 2.36. The van der Waals surface area contributed by atoms with Crippen molar-refractivity contribution in [2.24, 2.45) is 0 Å². The first-order chi connectivity index (χ1) is 11.0. The maximum Gasteiger partial charge on any atom is 0.443 e. The molecular formula is C15H22F3N3O2S. The van der Waals surface area contributed by atoms with Crippen LogP contribution in [0.5, 0.6) is 0 Å². The fourth-order valence-corrected chi connectivity index (χ4v) is 3.33. The number of amides is 1. The number of carbonyl (C=O) groups excluding carboxylic acids is 1. The van der Waals surface area contributed by atoms with Gasteiger partial charge in [-0.3, -0.25) is 0 Å². The minimum absolute atomic E-state index is 0.106. The van der Waals surface area contributed by atoms with E-state index in [0.29, 0.717) is 42.4 Å². The van der Waals surface area contributed by atoms with Gasteiger partial charge in [-0.15, -0.1) is 0 Å². The Kier molecular flexibility index (Phi) is 5.31. The van der Waals surface area contributed by atoms with E-state index in [1.165, 1.54) is 6.20 Å². The summed E-state index contributed by atoms with van der Waals surface area (Å²) < 4.78 is 43.5. The molecule has 1 fully saturated rings. The fraction of sp³-hybridized carbons (Fsp3) is 0.733. The van der Waals surface area contributed by atoms with E-state index >= 15 is 0 Å². The van der Waals surface area contributed by atoms with Crippen molar-refractivity contribution in [3.63, 3.8) is 0 Å². The topological polar surface area (TPSA) is 45.7 Å². The van der Waals surface area contributed by atoms with Crippen LogP contribution < -0.4 is 4.90 Å². The zero-order valence-corrected chi connectivity index (χ0v) is 15.0. The lowest BCUT2D eigenvalue weighted by atomic mass is 10.1. The van der Waals surface area contributed by atoms with Crippen molar-refractivity contribution in [2.45, 2.75) is 51.9 Å². The van der Waals surface area contributed by atoms with Gasteiger partial charge in [0, 0.05) is 19.6 Å². The summed E-state index contributed by atoms with van der Waals surface area (Å²) in [4.78, 5) is 19.3. The van der Waals surface area contributed by atoms with Crippen molar-refractivity contribution in [2.75, 3.05) is 24.5 Å². The predicted octanol–water partition coefficient (Wildman–Crippen LogP) is 4.00. The van der Waals surface area contributed by atoms with Crippen LogP contribution in [0.1, 0.15) is 39.1 Å². The zero-order valence-electron chi connectivity index (χ0n) is 14.2. The Morgan fingerprint density at radius 3 is 2.54 bits per heavy atom. The molecule has 136 valence electrons. The van der Waals surface area contributed by atoms with Crippen molar-refractivity contribution >= 4 is 22.4 Å². The Balaban J connectivity index is 2.07. The van der Waals surface area contributed by atoms with Gasteiger partial charge in [-0.05, 0) is 27.2 Å². The Morgan fingerprint density at radius 2 is 2.04 bits per heavy atom. The summed E-state index contributed by atoms with van der Waals surface area (Å²) >= 11 is 0.634. The largest absolute Gasteiger partial charge is 0.444 e. The van der Waals surface area contributed by atoms with Crippen molar-refractivity contribution in [3.05, 3.63) is 11.2 Å². The van der Waals surface area contributed by atoms with Crippen LogP contribution in [0.4, 0.5) is 23.0 Å². The monoisotopic (exact) mass is 365 g/mol. The average Bonchev–Trinajstić information content (AvgIpc) is 2.94. The zero-order chi connectivity index (χ0) is 18.1. The van der Waals surface area contributed by atoms with Crippen LogP contribution in [-0.4, -0.2) is 47.3 Å². The summed E-state index contributed by atoms with van der Waals surface area (Å²) in [6.45, 7) is 8.69. The molecule has 0 unspecified atom stereocenters. The average molecular weight is 365 g/mol. The third-order valence-electron chi connectivity index (χ3n) is 3.63. The Hall–Kier alpha value is -1.51. The van der Waals surface area contributed by atoms with E-state index in [0.717, 1.165) is 0 Å². The highest BCUT2D eigenvalue weighted by Gasteiger charge is 2.37. The van der Waals surface area contributed by atoms with Gasteiger partial charge in [0.15, 0.2) is 5.01 Å². The molecule has 1 aromatic heterocycles. The number of anilines is 1. The number of alkyl halides is 3. The molecule has 1 saturated heterocycles. The number of halogens is 3. The van der Waals surface area contributed by atoms with E-state index in [-0.39, 0.29) is 12.1 Å². The molecule has 2 heterocycles. The first kappa shape index (κ1) is 18.8. The Bertz CT molecular complexity index is 583. The number of ether oxygens (including phenoxy) is 1. The van der Waals surface area contributed by atoms with Gasteiger partial charge in [-0.2, -0.15) is 13.2 Å². The van der Waals surface area contributed by atoms with Crippen molar-refractivity contribution in [1.82, 2.24) is 9.88 Å². The normalized spacial score (nSPS) is 19.5. The Labute approximate surface area is 143 Å². The fourth-order valence-electron chi connectivity index (χ4n) is 2.51. The highest BCUT2D eigenvalue weighted by molar-refractivity contribution is 7.15. The number of aromatic nitrogens is 1. The maximum atomic E-state index is 12.7. The number of hydrogen-bond acceptors (Lipinski definition) is 5. The molecule has 1 aromatic rings. The highest BCUT2D eigenvalue weighted by atomic mass is 32.1. The SMILES string of the molecule is CC[C@@H]1CN(c2cnc(C(F)(F)F)s2)CCN1C(=O)OC(C)(C)C. The number of rotatable bonds is 2. The van der Waals surface area contributed by atoms with Crippen LogP contribution in [-0.2, 0) is 10.9 Å². The molecule has 0 N–H and O–H groups in total. The molecule has 1 aliphatic rings. The molecule has 5 nitrogen and oxygen atoms in total. The minimum atomic E-state index is -4.43. The lowest BCUT2D eigenvalue weighted by Gasteiger charge is -2.41. The van der Waals surface area contributed by atoms with Crippen LogP contribution in [0.15, 0.2) is 6.20 Å². The molecule has 0 bridgehead atoms. The number of carbonyl (C=O) groups is 1. The van der Waals surface area contributed by atoms with Crippen molar-refractivity contribution in [1.29, 1.82) is 0 Å². The molecule has 0 aliphatic carbocycles. The first-order valence-electron chi connectivity index (χ1n) is 7.79. The van der Waals surface area contributed by atoms with Gasteiger partial charge >= 0.3 is 12.3 Å². The van der Waals surface area contributed by atoms with Crippen LogP contribution in [0.3, 0.4) is 0 Å². The molecule has 0 radical (unpaired) electrons. The van der Waals surface area contributed by atoms with Gasteiger partial charge < -0.3 is 14.5 Å². The third kappa shape index (κ3) is 4.52. The second kappa shape index (κ2) is 6.78. The molecule has 1 atom stereocenters. The van der Waals surface area contributed by atoms with Crippen LogP contribution in [0, 0.1) is 0 Å². The lowest BCUT2D eigenvalue weighted by Crippen LogP contribution is -2.55. The van der Waals surface area contributed by atoms with Gasteiger partial charge in [-0.1, -0.05) is 18.3 Å². The lowest BCUT2D eigenvalue weighted by molar-refractivity contribution is -0.137. The second-order valence-corrected chi connectivity index (χ2v) is 7.69. The molecule has 0 aromatic carbocycles. The van der Waals surface area contributed by atoms with Gasteiger partial charge in [-0.25, -0.2) is 9.78 Å². The van der Waals surface area contributed by atoms with E-state index in [1.807, 2.05) is 11.8 Å². The van der Waals surface area contributed by atoms with Gasteiger partial charge in [0.1, 0.15) is 10.6 Å². The van der Waals surface area contributed by atoms with E-state index in [1.54, 1.807) is 25.7 Å². The molecule has 0 spiro atoms. The molecule has 24 heavy (non-hydrogen) atoms. The molecule has 9 heteroatoms. The van der Waals surface area contributed by atoms with E-state index in [4.69, 9.17) is 4.74 Å². The quantitative estimate of drug-likeness (QED) is 0.795. The smallest absolute Gasteiger partial charge is 0.443 e. The van der Waals surface area contributed by atoms with Gasteiger partial charge in [0.05, 0.1) is 12.2 Å². The van der Waals surface area contributed by atoms with E-state index < -0.39 is 16.8 Å². The second-order valence-electron chi connectivity index (χ2n) is 6.68. The molecule has 0 saturated carbocycles. The maximum absolute atomic E-state index is 12.7. The van der Waals surface area contributed by atoms with Gasteiger partial charge in [0.2, 0.25) is 0 Å². The van der Waals surface area contributed by atoms with Crippen LogP contribution >= 0.6 is 11.3 Å². The minimum Gasteiger partial charge on any atom is -0.444 e. The molecule has 2 rings (SSSR count). The summed E-state index contributed by atoms with van der Waals surface area (Å²) in [7, 11) is 0. The summed E-state index contributed by atoms with van der Waals surface area (Å²) in [5.41, 5.74) is -0.578. The standard InChI is InChI=1S/C15H22F3N3O2S/c1-5-10-9-20(11-8-19-12(24-11)15(16,17)18)6-7-21(10)13(22)23-14(2,3)4/h8,10H,5-7,9H2,1-4H3/t10-/m1/s1. The number of piperazine rings is 1. The molecule has 1 aliphatic heterocycles. The van der Waals surface area contributed by atoms with Crippen molar-refractivity contribution in [3.8, 4) is 0 Å². The first-order valence-corrected chi connectivity index (χ1v) is 8.60. The van der Waals surface area contributed by atoms with Gasteiger partial charge in [0.25, 0.3) is 0 Å². The van der Waals surface area contributed by atoms with E-state index in [9.17, 15) is 18.0 Å². The van der Waals surface area contributed by atoms with E-state index in [2.05, 4.69) is 4.98 Å². The summed E-state index contributed by atoms with van der Waals surface area (Å²) in [6.07, 6.45) is -2.86. The summed E-state index contributed by atoms with van der Waals surface area (Å²) in [5, 5.41) is -0.371. The van der Waals surface area contributed by atoms with Crippen LogP contribution in [0.25, 0.3) is 0 Å². The number of thiazole rings is 1. The summed E-state index contributed by atoms with van der Waals surface area (Å²) in [6, 6.07) is -0.106.